The van der Waals surface area contributed by atoms with Crippen LogP contribution in [0.4, 0.5) is 0 Å². The lowest BCUT2D eigenvalue weighted by Gasteiger charge is -2.24. The van der Waals surface area contributed by atoms with E-state index in [0.717, 1.165) is 12.0 Å². The number of hydrogen-bond donors (Lipinski definition) is 1. The number of aromatic nitrogens is 2. The Bertz CT molecular complexity index is 1330. The van der Waals surface area contributed by atoms with Gasteiger partial charge in [0, 0.05) is 41.7 Å². The van der Waals surface area contributed by atoms with Gasteiger partial charge in [-0.15, -0.1) is 0 Å². The van der Waals surface area contributed by atoms with Crippen LogP contribution >= 0.6 is 0 Å². The second-order valence-corrected chi connectivity index (χ2v) is 7.96. The quantitative estimate of drug-likeness (QED) is 0.459. The maximum Gasteiger partial charge on any atom is 0.306 e. The van der Waals surface area contributed by atoms with Crippen LogP contribution in [0.5, 0.6) is 11.5 Å². The summed E-state index contributed by atoms with van der Waals surface area (Å²) in [6.45, 7) is 4.08. The van der Waals surface area contributed by atoms with E-state index in [1.165, 1.54) is 10.6 Å². The molecule has 0 saturated carbocycles. The number of aliphatic imine (C=N–C) groups is 1. The van der Waals surface area contributed by atoms with Gasteiger partial charge in [-0.3, -0.25) is 19.0 Å². The molecule has 1 unspecified atom stereocenters. The molecule has 4 rings (SSSR count). The SMILES string of the molecule is CCCc1c(O)cccc1OC(C1=CC=N1)c1ccc2ncc(CCC(=O)OCC)c(=O)n2c1. The smallest absolute Gasteiger partial charge is 0.306 e. The van der Waals surface area contributed by atoms with Crippen molar-refractivity contribution in [2.45, 2.75) is 45.6 Å². The summed E-state index contributed by atoms with van der Waals surface area (Å²) in [6.07, 6.45) is 8.05. The third-order valence-corrected chi connectivity index (χ3v) is 5.59. The molecule has 8 heteroatoms. The monoisotopic (exact) mass is 461 g/mol. The summed E-state index contributed by atoms with van der Waals surface area (Å²) in [7, 11) is 0. The van der Waals surface area contributed by atoms with Crippen LogP contribution < -0.4 is 10.3 Å². The lowest BCUT2D eigenvalue weighted by atomic mass is 10.0. The minimum absolute atomic E-state index is 0.113. The van der Waals surface area contributed by atoms with Crippen LogP contribution in [0.2, 0.25) is 0 Å². The van der Waals surface area contributed by atoms with Crippen LogP contribution in [0.3, 0.4) is 0 Å². The number of fused-ring (bicyclic) bond motifs is 1. The number of pyridine rings is 1. The van der Waals surface area contributed by atoms with E-state index in [-0.39, 0.29) is 30.1 Å². The maximum absolute atomic E-state index is 13.1. The largest absolute Gasteiger partial charge is 0.508 e. The van der Waals surface area contributed by atoms with E-state index >= 15 is 0 Å². The van der Waals surface area contributed by atoms with E-state index in [4.69, 9.17) is 9.47 Å². The number of hydrogen-bond acceptors (Lipinski definition) is 7. The van der Waals surface area contributed by atoms with Gasteiger partial charge in [0.1, 0.15) is 17.1 Å². The van der Waals surface area contributed by atoms with E-state index < -0.39 is 6.10 Å². The number of nitrogens with zero attached hydrogens (tertiary/aromatic N) is 3. The Morgan fingerprint density at radius 3 is 2.71 bits per heavy atom. The molecule has 8 nitrogen and oxygen atoms in total. The molecule has 1 atom stereocenters. The first-order valence-electron chi connectivity index (χ1n) is 11.4. The molecule has 0 spiro atoms. The number of phenolic OH excluding ortho intramolecular Hbond substituents is 1. The van der Waals surface area contributed by atoms with Crippen LogP contribution in [0.25, 0.3) is 5.65 Å². The number of benzene rings is 1. The number of aryl methyl sites for hydroxylation is 1. The highest BCUT2D eigenvalue weighted by atomic mass is 16.5. The van der Waals surface area contributed by atoms with Crippen molar-refractivity contribution >= 4 is 17.8 Å². The number of carbonyl (C=O) groups excluding carboxylic acids is 1. The van der Waals surface area contributed by atoms with E-state index in [1.807, 2.05) is 25.1 Å². The summed E-state index contributed by atoms with van der Waals surface area (Å²) >= 11 is 0. The molecule has 0 aliphatic carbocycles. The number of ether oxygens (including phenoxy) is 2. The van der Waals surface area contributed by atoms with Crippen molar-refractivity contribution in [3.63, 3.8) is 0 Å². The number of esters is 1. The van der Waals surface area contributed by atoms with Crippen molar-refractivity contribution in [2.24, 2.45) is 4.99 Å². The lowest BCUT2D eigenvalue weighted by Crippen LogP contribution is -2.22. The molecule has 0 saturated heterocycles. The number of phenols is 1. The van der Waals surface area contributed by atoms with Crippen molar-refractivity contribution in [2.75, 3.05) is 6.61 Å². The Kier molecular flexibility index (Phi) is 7.06. The van der Waals surface area contributed by atoms with E-state index in [0.29, 0.717) is 41.2 Å². The highest BCUT2D eigenvalue weighted by molar-refractivity contribution is 5.80. The highest BCUT2D eigenvalue weighted by Crippen LogP contribution is 2.36. The molecule has 34 heavy (non-hydrogen) atoms. The van der Waals surface area contributed by atoms with E-state index in [2.05, 4.69) is 9.98 Å². The molecule has 176 valence electrons. The van der Waals surface area contributed by atoms with Crippen LogP contribution in [-0.2, 0) is 22.4 Å². The first-order valence-corrected chi connectivity index (χ1v) is 11.4. The molecular formula is C26H27N3O5. The Morgan fingerprint density at radius 1 is 1.18 bits per heavy atom. The summed E-state index contributed by atoms with van der Waals surface area (Å²) in [5.74, 6) is 0.413. The Morgan fingerprint density at radius 2 is 2.00 bits per heavy atom. The average Bonchev–Trinajstić information content (AvgIpc) is 2.79. The molecule has 0 bridgehead atoms. The number of rotatable bonds is 10. The average molecular weight is 462 g/mol. The minimum atomic E-state index is -0.568. The van der Waals surface area contributed by atoms with Crippen LogP contribution in [0.1, 0.15) is 49.5 Å². The number of carbonyl (C=O) groups is 1. The molecule has 1 aromatic carbocycles. The molecule has 1 aliphatic heterocycles. The summed E-state index contributed by atoms with van der Waals surface area (Å²) in [6, 6.07) is 8.81. The predicted octanol–water partition coefficient (Wildman–Crippen LogP) is 3.94. The molecule has 0 radical (unpaired) electrons. The fourth-order valence-corrected chi connectivity index (χ4v) is 3.84. The zero-order valence-corrected chi connectivity index (χ0v) is 19.2. The second-order valence-electron chi connectivity index (χ2n) is 7.96. The highest BCUT2D eigenvalue weighted by Gasteiger charge is 2.24. The molecule has 1 aliphatic rings. The minimum Gasteiger partial charge on any atom is -0.508 e. The topological polar surface area (TPSA) is 102 Å². The standard InChI is InChI=1S/C26H27N3O5/c1-3-6-19-21(30)7-5-8-22(19)34-25(20-13-14-27-20)18-9-11-23-28-15-17(26(32)29(23)16-18)10-12-24(31)33-4-2/h5,7-9,11,13-16,25,30H,3-4,6,10,12H2,1-2H3. The fourth-order valence-electron chi connectivity index (χ4n) is 3.84. The first-order chi connectivity index (χ1) is 16.5. The van der Waals surface area contributed by atoms with Crippen LogP contribution in [0.15, 0.2) is 64.3 Å². The Labute approximate surface area is 197 Å². The summed E-state index contributed by atoms with van der Waals surface area (Å²) in [4.78, 5) is 33.5. The third kappa shape index (κ3) is 4.85. The van der Waals surface area contributed by atoms with Crippen molar-refractivity contribution in [1.29, 1.82) is 0 Å². The fraction of sp³-hybridized carbons (Fsp3) is 0.308. The molecule has 1 N–H and O–H groups in total. The predicted molar refractivity (Wildman–Crippen MR) is 128 cm³/mol. The van der Waals surface area contributed by atoms with Gasteiger partial charge in [0.2, 0.25) is 0 Å². The molecule has 3 aromatic rings. The molecular weight excluding hydrogens is 434 g/mol. The second kappa shape index (κ2) is 10.3. The van der Waals surface area contributed by atoms with Gasteiger partial charge in [-0.1, -0.05) is 19.4 Å². The van der Waals surface area contributed by atoms with Gasteiger partial charge in [-0.05, 0) is 50.1 Å². The van der Waals surface area contributed by atoms with Gasteiger partial charge in [0.25, 0.3) is 5.56 Å². The van der Waals surface area contributed by atoms with Gasteiger partial charge in [0.15, 0.2) is 6.10 Å². The third-order valence-electron chi connectivity index (χ3n) is 5.59. The number of aromatic hydroxyl groups is 1. The summed E-state index contributed by atoms with van der Waals surface area (Å²) in [5.41, 5.74) is 2.84. The van der Waals surface area contributed by atoms with E-state index in [1.54, 1.807) is 37.5 Å². The van der Waals surface area contributed by atoms with Crippen molar-refractivity contribution in [3.8, 4) is 11.5 Å². The Hall–Kier alpha value is -3.94. The van der Waals surface area contributed by atoms with Gasteiger partial charge in [0.05, 0.1) is 12.3 Å². The van der Waals surface area contributed by atoms with Gasteiger partial charge in [-0.2, -0.15) is 0 Å². The van der Waals surface area contributed by atoms with Gasteiger partial charge in [-0.25, -0.2) is 4.98 Å². The summed E-state index contributed by atoms with van der Waals surface area (Å²) in [5, 5.41) is 10.3. The summed E-state index contributed by atoms with van der Waals surface area (Å²) < 4.78 is 12.8. The van der Waals surface area contributed by atoms with Crippen LogP contribution in [-0.4, -0.2) is 33.3 Å². The normalized spacial score (nSPS) is 13.3. The molecule has 0 amide bonds. The zero-order chi connectivity index (χ0) is 24.1. The molecule has 0 fully saturated rings. The van der Waals surface area contributed by atoms with Crippen molar-refractivity contribution in [1.82, 2.24) is 9.38 Å². The molecule has 3 heterocycles. The van der Waals surface area contributed by atoms with Gasteiger partial charge >= 0.3 is 5.97 Å². The van der Waals surface area contributed by atoms with Gasteiger partial charge < -0.3 is 14.6 Å². The van der Waals surface area contributed by atoms with Crippen molar-refractivity contribution in [3.05, 3.63) is 81.5 Å². The maximum atomic E-state index is 13.1. The molecule has 2 aromatic heterocycles. The number of allylic oxidation sites excluding steroid dienone is 1. The zero-order valence-electron chi connectivity index (χ0n) is 19.2. The van der Waals surface area contributed by atoms with Crippen molar-refractivity contribution < 1.29 is 19.4 Å². The van der Waals surface area contributed by atoms with Crippen LogP contribution in [0, 0.1) is 0 Å². The lowest BCUT2D eigenvalue weighted by molar-refractivity contribution is -0.143. The van der Waals surface area contributed by atoms with E-state index in [9.17, 15) is 14.7 Å². The first kappa shape index (κ1) is 23.2. The Balaban J connectivity index is 1.68.